The molecule has 11 heteroatoms. The van der Waals surface area contributed by atoms with E-state index in [-0.39, 0.29) is 29.1 Å². The number of aliphatic hydroxyl groups excluding tert-OH is 1. The number of amides is 3. The maximum atomic E-state index is 13.2. The van der Waals surface area contributed by atoms with E-state index in [4.69, 9.17) is 5.11 Å². The second-order valence-electron chi connectivity index (χ2n) is 7.29. The largest absolute Gasteiger partial charge is 0.504 e. The smallest absolute Gasteiger partial charge is 0.314 e. The van der Waals surface area contributed by atoms with E-state index >= 15 is 0 Å². The number of carbonyl (C=O) groups is 3. The molecule has 0 aliphatic carbocycles. The first-order chi connectivity index (χ1) is 15.7. The molecule has 0 saturated heterocycles. The number of likely N-dealkylation sites (N-methyl/N-ethyl adjacent to an activating group) is 1. The minimum Gasteiger partial charge on any atom is -0.504 e. The summed E-state index contributed by atoms with van der Waals surface area (Å²) in [6.07, 6.45) is 1.83. The predicted octanol–water partition coefficient (Wildman–Crippen LogP) is 0.860. The summed E-state index contributed by atoms with van der Waals surface area (Å²) in [5.41, 5.74) is 0.979. The van der Waals surface area contributed by atoms with Gasteiger partial charge >= 0.3 is 11.8 Å². The molecule has 5 N–H and O–H groups in total. The Balaban J connectivity index is 2.09. The summed E-state index contributed by atoms with van der Waals surface area (Å²) < 4.78 is 13.2. The van der Waals surface area contributed by atoms with E-state index in [0.717, 1.165) is 5.56 Å². The van der Waals surface area contributed by atoms with E-state index in [1.807, 2.05) is 0 Å². The Bertz CT molecular complexity index is 1220. The van der Waals surface area contributed by atoms with Gasteiger partial charge in [0.1, 0.15) is 17.2 Å². The van der Waals surface area contributed by atoms with Crippen molar-refractivity contribution in [1.82, 2.24) is 20.6 Å². The summed E-state index contributed by atoms with van der Waals surface area (Å²) in [5.74, 6) is -3.83. The van der Waals surface area contributed by atoms with Gasteiger partial charge in [0.2, 0.25) is 0 Å². The quantitative estimate of drug-likeness (QED) is 0.346. The number of pyridine rings is 2. The van der Waals surface area contributed by atoms with Crippen molar-refractivity contribution in [2.45, 2.75) is 19.4 Å². The van der Waals surface area contributed by atoms with Gasteiger partial charge in [-0.15, -0.1) is 0 Å². The number of aromatic hydroxyl groups is 1. The number of benzene rings is 1. The topological polar surface area (TPSA) is 154 Å². The Hall–Kier alpha value is -4.12. The van der Waals surface area contributed by atoms with Crippen LogP contribution in [0.5, 0.6) is 5.75 Å². The molecule has 3 rings (SSSR count). The van der Waals surface area contributed by atoms with E-state index in [1.165, 1.54) is 25.4 Å². The lowest BCUT2D eigenvalue weighted by Gasteiger charge is -2.15. The fraction of sp³-hybridized carbons (Fsp3) is 0.227. The summed E-state index contributed by atoms with van der Waals surface area (Å²) in [4.78, 5) is 44.7. The van der Waals surface area contributed by atoms with Crippen LogP contribution in [-0.2, 0) is 16.0 Å². The van der Waals surface area contributed by atoms with Crippen molar-refractivity contribution < 1.29 is 29.0 Å². The fourth-order valence-electron chi connectivity index (χ4n) is 3.02. The Morgan fingerprint density at radius 1 is 1.12 bits per heavy atom. The van der Waals surface area contributed by atoms with Crippen LogP contribution in [0.1, 0.15) is 28.5 Å². The number of nitrogens with zero attached hydrogens (tertiary/aromatic N) is 2. The molecule has 0 aliphatic heterocycles. The number of hydrogen-bond donors (Lipinski definition) is 5. The van der Waals surface area contributed by atoms with Crippen LogP contribution in [0.3, 0.4) is 0 Å². The summed E-state index contributed by atoms with van der Waals surface area (Å²) in [6.45, 7) is 1.20. The molecule has 2 heterocycles. The van der Waals surface area contributed by atoms with Crippen molar-refractivity contribution in [3.05, 3.63) is 59.2 Å². The molecule has 3 aromatic rings. The van der Waals surface area contributed by atoms with Gasteiger partial charge in [-0.3, -0.25) is 19.4 Å². The Kier molecular flexibility index (Phi) is 7.13. The molecule has 0 radical (unpaired) electrons. The van der Waals surface area contributed by atoms with Crippen LogP contribution in [0.15, 0.2) is 36.5 Å². The van der Waals surface area contributed by atoms with E-state index in [2.05, 4.69) is 25.9 Å². The lowest BCUT2D eigenvalue weighted by atomic mass is 10.0. The number of carbonyl (C=O) groups excluding carboxylic acids is 3. The normalized spacial score (nSPS) is 11.6. The Labute approximate surface area is 187 Å². The number of rotatable bonds is 6. The molecule has 1 aromatic carbocycles. The molecule has 0 spiro atoms. The highest BCUT2D eigenvalue weighted by atomic mass is 19.1. The van der Waals surface area contributed by atoms with E-state index < -0.39 is 35.2 Å². The summed E-state index contributed by atoms with van der Waals surface area (Å²) in [7, 11) is 1.28. The maximum Gasteiger partial charge on any atom is 0.314 e. The molecule has 0 fully saturated rings. The van der Waals surface area contributed by atoms with Crippen LogP contribution in [0.25, 0.3) is 10.9 Å². The van der Waals surface area contributed by atoms with Gasteiger partial charge in [-0.25, -0.2) is 9.37 Å². The third-order valence-corrected chi connectivity index (χ3v) is 4.72. The standard InChI is InChI=1S/C22H22FN5O5/c1-11(10-29)26-20(31)17-18(30)16-15(19(27-17)28-22(33)21(32)24-2)8-13(9-25-16)7-12-3-5-14(23)6-4-12/h3-6,8-9,11,29-30H,7,10H2,1-2H3,(H,24,32)(H,26,31)(H,27,28,33). The zero-order valence-electron chi connectivity index (χ0n) is 17.8. The van der Waals surface area contributed by atoms with Crippen molar-refractivity contribution in [1.29, 1.82) is 0 Å². The van der Waals surface area contributed by atoms with E-state index in [0.29, 0.717) is 12.0 Å². The number of halogens is 1. The van der Waals surface area contributed by atoms with Crippen LogP contribution < -0.4 is 16.0 Å². The van der Waals surface area contributed by atoms with Gasteiger partial charge in [0.25, 0.3) is 5.91 Å². The molecule has 33 heavy (non-hydrogen) atoms. The summed E-state index contributed by atoms with van der Waals surface area (Å²) in [5, 5.41) is 27.0. The van der Waals surface area contributed by atoms with E-state index in [9.17, 15) is 23.9 Å². The number of aromatic nitrogens is 2. The molecule has 2 aromatic heterocycles. The predicted molar refractivity (Wildman–Crippen MR) is 117 cm³/mol. The number of hydrogen-bond acceptors (Lipinski definition) is 7. The summed E-state index contributed by atoms with van der Waals surface area (Å²) >= 11 is 0. The number of anilines is 1. The Morgan fingerprint density at radius 3 is 2.45 bits per heavy atom. The van der Waals surface area contributed by atoms with Crippen LogP contribution in [0.4, 0.5) is 10.2 Å². The van der Waals surface area contributed by atoms with Crippen LogP contribution in [-0.4, -0.2) is 57.6 Å². The molecule has 1 unspecified atom stereocenters. The molecule has 0 bridgehead atoms. The molecule has 1 atom stereocenters. The van der Waals surface area contributed by atoms with Gasteiger partial charge < -0.3 is 26.2 Å². The fourth-order valence-corrected chi connectivity index (χ4v) is 3.02. The minimum atomic E-state index is -1.03. The minimum absolute atomic E-state index is 0.0261. The van der Waals surface area contributed by atoms with Crippen molar-refractivity contribution in [3.63, 3.8) is 0 Å². The molecular formula is C22H22FN5O5. The number of aliphatic hydroxyl groups is 1. The lowest BCUT2D eigenvalue weighted by Crippen LogP contribution is -2.36. The van der Waals surface area contributed by atoms with Gasteiger partial charge in [0, 0.05) is 24.7 Å². The van der Waals surface area contributed by atoms with Crippen molar-refractivity contribution in [2.75, 3.05) is 19.0 Å². The van der Waals surface area contributed by atoms with Crippen LogP contribution in [0, 0.1) is 5.82 Å². The van der Waals surface area contributed by atoms with Crippen molar-refractivity contribution in [2.24, 2.45) is 0 Å². The Morgan fingerprint density at radius 2 is 1.82 bits per heavy atom. The highest BCUT2D eigenvalue weighted by Gasteiger charge is 2.23. The SMILES string of the molecule is CNC(=O)C(=O)Nc1nc(C(=O)NC(C)CO)c(O)c2ncc(Cc3ccc(F)cc3)cc12. The number of nitrogens with one attached hydrogen (secondary N) is 3. The molecule has 0 aliphatic rings. The average Bonchev–Trinajstić information content (AvgIpc) is 2.81. The zero-order valence-corrected chi connectivity index (χ0v) is 17.8. The third kappa shape index (κ3) is 5.39. The van der Waals surface area contributed by atoms with Crippen LogP contribution in [0.2, 0.25) is 0 Å². The monoisotopic (exact) mass is 455 g/mol. The van der Waals surface area contributed by atoms with Gasteiger partial charge in [0.15, 0.2) is 11.4 Å². The van der Waals surface area contributed by atoms with Gasteiger partial charge in [-0.05, 0) is 42.7 Å². The first-order valence-corrected chi connectivity index (χ1v) is 9.94. The van der Waals surface area contributed by atoms with Gasteiger partial charge in [-0.2, -0.15) is 0 Å². The first kappa shape index (κ1) is 23.5. The van der Waals surface area contributed by atoms with Gasteiger partial charge in [0.05, 0.1) is 6.61 Å². The highest BCUT2D eigenvalue weighted by Crippen LogP contribution is 2.32. The molecule has 172 valence electrons. The van der Waals surface area contributed by atoms with E-state index in [1.54, 1.807) is 25.1 Å². The summed E-state index contributed by atoms with van der Waals surface area (Å²) in [6, 6.07) is 6.84. The van der Waals surface area contributed by atoms with Gasteiger partial charge in [-0.1, -0.05) is 12.1 Å². The number of fused-ring (bicyclic) bond motifs is 1. The van der Waals surface area contributed by atoms with Crippen LogP contribution >= 0.6 is 0 Å². The first-order valence-electron chi connectivity index (χ1n) is 9.94. The molecule has 3 amide bonds. The highest BCUT2D eigenvalue weighted by molar-refractivity contribution is 6.40. The average molecular weight is 455 g/mol. The molecular weight excluding hydrogens is 433 g/mol. The van der Waals surface area contributed by atoms with Crippen molar-refractivity contribution >= 4 is 34.4 Å². The second kappa shape index (κ2) is 10.0. The van der Waals surface area contributed by atoms with Crippen molar-refractivity contribution in [3.8, 4) is 5.75 Å². The lowest BCUT2D eigenvalue weighted by molar-refractivity contribution is -0.135. The second-order valence-corrected chi connectivity index (χ2v) is 7.29. The third-order valence-electron chi connectivity index (χ3n) is 4.72. The maximum absolute atomic E-state index is 13.2. The zero-order chi connectivity index (χ0) is 24.1. The molecule has 0 saturated carbocycles. The molecule has 10 nitrogen and oxygen atoms in total.